The molecule has 24 heavy (non-hydrogen) atoms. The lowest BCUT2D eigenvalue weighted by Crippen LogP contribution is -2.40. The predicted octanol–water partition coefficient (Wildman–Crippen LogP) is 2.47. The third-order valence-corrected chi connectivity index (χ3v) is 5.11. The van der Waals surface area contributed by atoms with Crippen LogP contribution in [0.2, 0.25) is 0 Å². The van der Waals surface area contributed by atoms with Gasteiger partial charge in [0.2, 0.25) is 5.09 Å². The van der Waals surface area contributed by atoms with E-state index >= 15 is 0 Å². The van der Waals surface area contributed by atoms with Crippen molar-refractivity contribution in [2.45, 2.75) is 37.3 Å². The zero-order valence-electron chi connectivity index (χ0n) is 13.4. The summed E-state index contributed by atoms with van der Waals surface area (Å²) in [5.74, 6) is -0.235. The van der Waals surface area contributed by atoms with Crippen molar-refractivity contribution in [1.82, 2.24) is 4.90 Å². The Hall–Kier alpha value is -2.12. The van der Waals surface area contributed by atoms with E-state index < -0.39 is 15.1 Å². The summed E-state index contributed by atoms with van der Waals surface area (Å²) in [4.78, 5) is 14.7. The van der Waals surface area contributed by atoms with Crippen molar-refractivity contribution in [2.75, 3.05) is 6.54 Å². The van der Waals surface area contributed by atoms with Crippen LogP contribution in [0, 0.1) is 0 Å². The SMILES string of the molecule is CCCC1c2ccccc2CCN1C(=O)c1coc(S(N)(=O)=O)c1. The number of carbonyl (C=O) groups is 1. The molecular formula is C17H20N2O4S. The summed E-state index contributed by atoms with van der Waals surface area (Å²) >= 11 is 0. The van der Waals surface area contributed by atoms with Crippen LogP contribution in [0.25, 0.3) is 0 Å². The van der Waals surface area contributed by atoms with Gasteiger partial charge in [-0.05, 0) is 24.0 Å². The van der Waals surface area contributed by atoms with E-state index in [4.69, 9.17) is 9.56 Å². The van der Waals surface area contributed by atoms with E-state index in [-0.39, 0.29) is 17.5 Å². The van der Waals surface area contributed by atoms with Crippen LogP contribution < -0.4 is 5.14 Å². The molecule has 3 rings (SSSR count). The Balaban J connectivity index is 1.93. The minimum atomic E-state index is -3.96. The molecular weight excluding hydrogens is 328 g/mol. The highest BCUT2D eigenvalue weighted by Crippen LogP contribution is 2.34. The first-order valence-corrected chi connectivity index (χ1v) is 9.46. The Kier molecular flexibility index (Phi) is 4.47. The molecule has 2 heterocycles. The molecule has 2 aromatic rings. The molecule has 1 unspecified atom stereocenters. The zero-order chi connectivity index (χ0) is 17.3. The first-order chi connectivity index (χ1) is 11.4. The number of furan rings is 1. The Morgan fingerprint density at radius 2 is 2.12 bits per heavy atom. The molecule has 1 aliphatic heterocycles. The fourth-order valence-corrected chi connectivity index (χ4v) is 3.70. The fourth-order valence-electron chi connectivity index (χ4n) is 3.22. The summed E-state index contributed by atoms with van der Waals surface area (Å²) in [5.41, 5.74) is 2.63. The van der Waals surface area contributed by atoms with E-state index in [1.807, 2.05) is 12.1 Å². The normalized spacial score (nSPS) is 17.6. The highest BCUT2D eigenvalue weighted by atomic mass is 32.2. The molecule has 6 nitrogen and oxygen atoms in total. The van der Waals surface area contributed by atoms with Crippen LogP contribution >= 0.6 is 0 Å². The van der Waals surface area contributed by atoms with Crippen LogP contribution in [-0.2, 0) is 16.4 Å². The first kappa shape index (κ1) is 16.7. The number of nitrogens with zero attached hydrogens (tertiary/aromatic N) is 1. The monoisotopic (exact) mass is 348 g/mol. The van der Waals surface area contributed by atoms with Gasteiger partial charge in [0.15, 0.2) is 0 Å². The van der Waals surface area contributed by atoms with Gasteiger partial charge in [0.05, 0.1) is 11.6 Å². The van der Waals surface area contributed by atoms with Gasteiger partial charge >= 0.3 is 0 Å². The van der Waals surface area contributed by atoms with Crippen molar-refractivity contribution in [3.63, 3.8) is 0 Å². The lowest BCUT2D eigenvalue weighted by atomic mass is 9.89. The van der Waals surface area contributed by atoms with Crippen LogP contribution in [-0.4, -0.2) is 25.8 Å². The van der Waals surface area contributed by atoms with Crippen molar-refractivity contribution >= 4 is 15.9 Å². The molecule has 0 aliphatic carbocycles. The van der Waals surface area contributed by atoms with Gasteiger partial charge in [-0.2, -0.15) is 0 Å². The summed E-state index contributed by atoms with van der Waals surface area (Å²) in [6, 6.07) is 9.32. The second-order valence-corrected chi connectivity index (χ2v) is 7.44. The third kappa shape index (κ3) is 3.09. The summed E-state index contributed by atoms with van der Waals surface area (Å²) in [7, 11) is -3.96. The second kappa shape index (κ2) is 6.41. The second-order valence-electron chi connectivity index (χ2n) is 5.95. The number of hydrogen-bond acceptors (Lipinski definition) is 4. The Bertz CT molecular complexity index is 857. The lowest BCUT2D eigenvalue weighted by Gasteiger charge is -2.37. The van der Waals surface area contributed by atoms with Crippen molar-refractivity contribution in [2.24, 2.45) is 5.14 Å². The molecule has 0 fully saturated rings. The number of carbonyl (C=O) groups excluding carboxylic acids is 1. The molecule has 1 aromatic heterocycles. The largest absolute Gasteiger partial charge is 0.451 e. The molecule has 0 saturated carbocycles. The van der Waals surface area contributed by atoms with Gasteiger partial charge in [0.1, 0.15) is 6.26 Å². The molecule has 7 heteroatoms. The molecule has 1 aliphatic rings. The standard InChI is InChI=1S/C17H20N2O4S/c1-2-5-15-14-7-4-3-6-12(14)8-9-19(15)17(20)13-10-16(23-11-13)24(18,21)22/h3-4,6-7,10-11,15H,2,5,8-9H2,1H3,(H2,18,21,22). The number of fused-ring (bicyclic) bond motifs is 1. The number of primary sulfonamides is 1. The smallest absolute Gasteiger partial charge is 0.271 e. The van der Waals surface area contributed by atoms with Gasteiger partial charge < -0.3 is 9.32 Å². The van der Waals surface area contributed by atoms with Crippen molar-refractivity contribution in [1.29, 1.82) is 0 Å². The number of rotatable bonds is 4. The van der Waals surface area contributed by atoms with Crippen LogP contribution in [0.15, 0.2) is 46.1 Å². The third-order valence-electron chi connectivity index (χ3n) is 4.34. The topological polar surface area (TPSA) is 93.6 Å². The van der Waals surface area contributed by atoms with Gasteiger partial charge in [0.25, 0.3) is 15.9 Å². The van der Waals surface area contributed by atoms with Gasteiger partial charge in [-0.25, -0.2) is 13.6 Å². The molecule has 128 valence electrons. The van der Waals surface area contributed by atoms with E-state index in [1.165, 1.54) is 11.6 Å². The van der Waals surface area contributed by atoms with Crippen molar-refractivity contribution < 1.29 is 17.6 Å². The predicted molar refractivity (Wildman–Crippen MR) is 88.9 cm³/mol. The zero-order valence-corrected chi connectivity index (χ0v) is 14.3. The minimum Gasteiger partial charge on any atom is -0.451 e. The Morgan fingerprint density at radius 1 is 1.38 bits per heavy atom. The molecule has 2 N–H and O–H groups in total. The van der Waals surface area contributed by atoms with Crippen molar-refractivity contribution in [3.8, 4) is 0 Å². The van der Waals surface area contributed by atoms with Gasteiger partial charge in [-0.3, -0.25) is 4.79 Å². The molecule has 0 bridgehead atoms. The van der Waals surface area contributed by atoms with E-state index in [9.17, 15) is 13.2 Å². The van der Waals surface area contributed by atoms with Crippen LogP contribution in [0.1, 0.15) is 47.3 Å². The van der Waals surface area contributed by atoms with Crippen LogP contribution in [0.5, 0.6) is 0 Å². The first-order valence-electron chi connectivity index (χ1n) is 7.92. The Morgan fingerprint density at radius 3 is 2.79 bits per heavy atom. The molecule has 0 spiro atoms. The van der Waals surface area contributed by atoms with E-state index in [0.29, 0.717) is 6.54 Å². The van der Waals surface area contributed by atoms with E-state index in [0.717, 1.165) is 31.1 Å². The summed E-state index contributed by atoms with van der Waals surface area (Å²) < 4.78 is 27.6. The number of benzene rings is 1. The van der Waals surface area contributed by atoms with Crippen molar-refractivity contribution in [3.05, 3.63) is 53.3 Å². The maximum atomic E-state index is 12.9. The number of sulfonamides is 1. The van der Waals surface area contributed by atoms with Gasteiger partial charge in [-0.15, -0.1) is 0 Å². The molecule has 1 atom stereocenters. The van der Waals surface area contributed by atoms with E-state index in [1.54, 1.807) is 4.90 Å². The lowest BCUT2D eigenvalue weighted by molar-refractivity contribution is 0.0649. The Labute approximate surface area is 141 Å². The fraction of sp³-hybridized carbons (Fsp3) is 0.353. The summed E-state index contributed by atoms with van der Waals surface area (Å²) in [6.45, 7) is 2.67. The average molecular weight is 348 g/mol. The minimum absolute atomic E-state index is 0.0136. The summed E-state index contributed by atoms with van der Waals surface area (Å²) in [5, 5.41) is 4.65. The molecule has 1 aromatic carbocycles. The number of nitrogens with two attached hydrogens (primary N) is 1. The highest BCUT2D eigenvalue weighted by Gasteiger charge is 2.31. The van der Waals surface area contributed by atoms with E-state index in [2.05, 4.69) is 19.1 Å². The number of amides is 1. The molecule has 1 amide bonds. The van der Waals surface area contributed by atoms with Crippen LogP contribution in [0.3, 0.4) is 0 Å². The van der Waals surface area contributed by atoms with Gasteiger partial charge in [-0.1, -0.05) is 37.6 Å². The highest BCUT2D eigenvalue weighted by molar-refractivity contribution is 7.89. The quantitative estimate of drug-likeness (QED) is 0.918. The maximum absolute atomic E-state index is 12.9. The average Bonchev–Trinajstić information content (AvgIpc) is 3.05. The van der Waals surface area contributed by atoms with Crippen LogP contribution in [0.4, 0.5) is 0 Å². The summed E-state index contributed by atoms with van der Waals surface area (Å²) in [6.07, 6.45) is 3.73. The molecule has 0 saturated heterocycles. The van der Waals surface area contributed by atoms with Gasteiger partial charge in [0, 0.05) is 12.6 Å². The number of hydrogen-bond donors (Lipinski definition) is 1. The maximum Gasteiger partial charge on any atom is 0.271 e. The molecule has 0 radical (unpaired) electrons.